The standard InChI is InChI=1S/C19H15Cl2N5O.2ClH/c1-12-16(10-25-9-7-22-11-25)26-8-3-6-15(18(26)23-12)24-19(27)17-13(20)4-2-5-14(17)21;;/h2-9,11H,10H2,1H3,(H,24,27);2*1H. The molecule has 6 nitrogen and oxygen atoms in total. The summed E-state index contributed by atoms with van der Waals surface area (Å²) in [4.78, 5) is 21.4. The van der Waals surface area contributed by atoms with Crippen LogP contribution >= 0.6 is 48.0 Å². The Morgan fingerprint density at radius 2 is 1.83 bits per heavy atom. The van der Waals surface area contributed by atoms with E-state index < -0.39 is 0 Å². The molecule has 3 aromatic heterocycles. The number of carbonyl (C=O) groups is 1. The first-order chi connectivity index (χ1) is 13.0. The lowest BCUT2D eigenvalue weighted by molar-refractivity contribution is 0.102. The number of nitrogens with zero attached hydrogens (tertiary/aromatic N) is 4. The minimum Gasteiger partial charge on any atom is -0.331 e. The molecular formula is C19H17Cl4N5O. The Bertz CT molecular complexity index is 1120. The monoisotopic (exact) mass is 471 g/mol. The molecule has 0 spiro atoms. The summed E-state index contributed by atoms with van der Waals surface area (Å²) in [5.74, 6) is -0.379. The highest BCUT2D eigenvalue weighted by Gasteiger charge is 2.18. The van der Waals surface area contributed by atoms with Gasteiger partial charge in [-0.3, -0.25) is 4.79 Å². The van der Waals surface area contributed by atoms with Gasteiger partial charge in [-0.2, -0.15) is 0 Å². The number of anilines is 1. The number of amides is 1. The summed E-state index contributed by atoms with van der Waals surface area (Å²) in [7, 11) is 0. The fourth-order valence-electron chi connectivity index (χ4n) is 2.97. The molecule has 0 aliphatic heterocycles. The van der Waals surface area contributed by atoms with Crippen molar-refractivity contribution in [1.29, 1.82) is 0 Å². The molecule has 0 atom stereocenters. The van der Waals surface area contributed by atoms with Crippen LogP contribution in [0.15, 0.2) is 55.2 Å². The van der Waals surface area contributed by atoms with Crippen molar-refractivity contribution in [2.45, 2.75) is 13.5 Å². The molecule has 0 unspecified atom stereocenters. The second kappa shape index (κ2) is 9.50. The smallest absolute Gasteiger partial charge is 0.258 e. The summed E-state index contributed by atoms with van der Waals surface area (Å²) in [6, 6.07) is 8.61. The summed E-state index contributed by atoms with van der Waals surface area (Å²) >= 11 is 12.3. The minimum atomic E-state index is -0.379. The van der Waals surface area contributed by atoms with E-state index in [4.69, 9.17) is 23.2 Å². The van der Waals surface area contributed by atoms with Gasteiger partial charge in [-0.25, -0.2) is 9.97 Å². The highest BCUT2D eigenvalue weighted by Crippen LogP contribution is 2.27. The topological polar surface area (TPSA) is 64.2 Å². The predicted octanol–water partition coefficient (Wildman–Crippen LogP) is 5.29. The van der Waals surface area contributed by atoms with Crippen LogP contribution in [-0.2, 0) is 6.54 Å². The fraction of sp³-hybridized carbons (Fsp3) is 0.105. The molecule has 0 saturated heterocycles. The number of halogens is 4. The number of aromatic nitrogens is 4. The summed E-state index contributed by atoms with van der Waals surface area (Å²) in [5.41, 5.74) is 3.36. The zero-order valence-electron chi connectivity index (χ0n) is 15.2. The van der Waals surface area contributed by atoms with Crippen molar-refractivity contribution < 1.29 is 4.79 Å². The Balaban J connectivity index is 0.00000150. The maximum absolute atomic E-state index is 12.7. The average Bonchev–Trinajstić information content (AvgIpc) is 3.24. The highest BCUT2D eigenvalue weighted by atomic mass is 35.5. The van der Waals surface area contributed by atoms with Gasteiger partial charge in [-0.1, -0.05) is 29.3 Å². The molecule has 0 fully saturated rings. The maximum atomic E-state index is 12.7. The van der Waals surface area contributed by atoms with Crippen molar-refractivity contribution in [1.82, 2.24) is 18.9 Å². The van der Waals surface area contributed by atoms with Crippen molar-refractivity contribution in [3.63, 3.8) is 0 Å². The van der Waals surface area contributed by atoms with E-state index in [0.29, 0.717) is 27.9 Å². The van der Waals surface area contributed by atoms with E-state index in [1.807, 2.05) is 34.4 Å². The number of rotatable bonds is 4. The van der Waals surface area contributed by atoms with Gasteiger partial charge in [-0.05, 0) is 31.2 Å². The third-order valence-corrected chi connectivity index (χ3v) is 4.91. The summed E-state index contributed by atoms with van der Waals surface area (Å²) < 4.78 is 3.92. The summed E-state index contributed by atoms with van der Waals surface area (Å²) in [6.45, 7) is 2.57. The largest absolute Gasteiger partial charge is 0.331 e. The van der Waals surface area contributed by atoms with Gasteiger partial charge in [0.15, 0.2) is 5.65 Å². The number of hydrogen-bond donors (Lipinski definition) is 1. The molecule has 1 N–H and O–H groups in total. The number of pyridine rings is 1. The van der Waals surface area contributed by atoms with Crippen molar-refractivity contribution in [3.8, 4) is 0 Å². The van der Waals surface area contributed by atoms with Crippen LogP contribution in [0.3, 0.4) is 0 Å². The van der Waals surface area contributed by atoms with E-state index in [0.717, 1.165) is 11.4 Å². The van der Waals surface area contributed by atoms with Gasteiger partial charge in [0, 0.05) is 18.6 Å². The second-order valence-electron chi connectivity index (χ2n) is 6.05. The quantitative estimate of drug-likeness (QED) is 0.438. The molecule has 0 radical (unpaired) electrons. The summed E-state index contributed by atoms with van der Waals surface area (Å²) in [5, 5.41) is 3.47. The lowest BCUT2D eigenvalue weighted by atomic mass is 10.2. The van der Waals surface area contributed by atoms with Crippen LogP contribution in [-0.4, -0.2) is 24.8 Å². The molecule has 3 heterocycles. The predicted molar refractivity (Wildman–Crippen MR) is 120 cm³/mol. The van der Waals surface area contributed by atoms with E-state index in [1.165, 1.54) is 0 Å². The normalized spacial score (nSPS) is 10.3. The van der Waals surface area contributed by atoms with E-state index >= 15 is 0 Å². The van der Waals surface area contributed by atoms with Gasteiger partial charge in [0.2, 0.25) is 0 Å². The van der Waals surface area contributed by atoms with Gasteiger partial charge in [-0.15, -0.1) is 24.8 Å². The number of imidazole rings is 2. The molecule has 0 saturated carbocycles. The molecule has 0 bridgehead atoms. The van der Waals surface area contributed by atoms with Gasteiger partial charge < -0.3 is 14.3 Å². The molecule has 4 rings (SSSR count). The number of carbonyl (C=O) groups excluding carboxylic acids is 1. The van der Waals surface area contributed by atoms with E-state index in [-0.39, 0.29) is 36.3 Å². The van der Waals surface area contributed by atoms with Gasteiger partial charge in [0.1, 0.15) is 0 Å². The second-order valence-corrected chi connectivity index (χ2v) is 6.86. The lowest BCUT2D eigenvalue weighted by Gasteiger charge is -2.10. The van der Waals surface area contributed by atoms with Crippen LogP contribution < -0.4 is 5.32 Å². The molecule has 10 heteroatoms. The minimum absolute atomic E-state index is 0. The first kappa shape index (κ1) is 23.0. The van der Waals surface area contributed by atoms with Crippen LogP contribution in [0.2, 0.25) is 10.0 Å². The van der Waals surface area contributed by atoms with Gasteiger partial charge >= 0.3 is 0 Å². The zero-order chi connectivity index (χ0) is 19.0. The fourth-order valence-corrected chi connectivity index (χ4v) is 3.54. The van der Waals surface area contributed by atoms with Crippen molar-refractivity contribution in [3.05, 3.63) is 82.2 Å². The van der Waals surface area contributed by atoms with Crippen molar-refractivity contribution in [2.24, 2.45) is 0 Å². The van der Waals surface area contributed by atoms with Crippen LogP contribution in [0, 0.1) is 6.92 Å². The third kappa shape index (κ3) is 4.51. The molecule has 1 aromatic carbocycles. The lowest BCUT2D eigenvalue weighted by Crippen LogP contribution is -2.14. The summed E-state index contributed by atoms with van der Waals surface area (Å²) in [6.07, 6.45) is 7.30. The first-order valence-corrected chi connectivity index (χ1v) is 8.98. The third-order valence-electron chi connectivity index (χ3n) is 4.28. The molecule has 152 valence electrons. The number of benzene rings is 1. The molecule has 0 aliphatic rings. The van der Waals surface area contributed by atoms with Crippen molar-refractivity contribution >= 4 is 65.3 Å². The molecule has 1 amide bonds. The zero-order valence-corrected chi connectivity index (χ0v) is 18.3. The van der Waals surface area contributed by atoms with E-state index in [1.54, 1.807) is 36.8 Å². The average molecular weight is 473 g/mol. The maximum Gasteiger partial charge on any atom is 0.258 e. The number of aryl methyl sites for hydroxylation is 1. The number of hydrogen-bond acceptors (Lipinski definition) is 3. The Morgan fingerprint density at radius 1 is 1.10 bits per heavy atom. The molecular weight excluding hydrogens is 456 g/mol. The molecule has 0 aliphatic carbocycles. The Morgan fingerprint density at radius 3 is 2.48 bits per heavy atom. The Kier molecular flexibility index (Phi) is 7.54. The van der Waals surface area contributed by atoms with E-state index in [9.17, 15) is 4.79 Å². The van der Waals surface area contributed by atoms with Gasteiger partial charge in [0.05, 0.1) is 45.6 Å². The van der Waals surface area contributed by atoms with Crippen molar-refractivity contribution in [2.75, 3.05) is 5.32 Å². The van der Waals surface area contributed by atoms with E-state index in [2.05, 4.69) is 15.3 Å². The Labute approximate surface area is 189 Å². The van der Waals surface area contributed by atoms with Crippen LogP contribution in [0.5, 0.6) is 0 Å². The number of nitrogens with one attached hydrogen (secondary N) is 1. The SMILES string of the molecule is Cc1nc2c(NC(=O)c3c(Cl)cccc3Cl)cccn2c1Cn1ccnc1.Cl.Cl. The molecule has 4 aromatic rings. The van der Waals surface area contributed by atoms with Gasteiger partial charge in [0.25, 0.3) is 5.91 Å². The van der Waals surface area contributed by atoms with Crippen LogP contribution in [0.1, 0.15) is 21.7 Å². The Hall–Kier alpha value is -2.25. The first-order valence-electron chi connectivity index (χ1n) is 8.22. The number of fused-ring (bicyclic) bond motifs is 1. The highest BCUT2D eigenvalue weighted by molar-refractivity contribution is 6.40. The van der Waals surface area contributed by atoms with Crippen LogP contribution in [0.4, 0.5) is 5.69 Å². The van der Waals surface area contributed by atoms with Crippen LogP contribution in [0.25, 0.3) is 5.65 Å². The molecule has 29 heavy (non-hydrogen) atoms.